The Morgan fingerprint density at radius 2 is 2.28 bits per heavy atom. The lowest BCUT2D eigenvalue weighted by molar-refractivity contribution is 0.146. The van der Waals surface area contributed by atoms with Gasteiger partial charge in [-0.25, -0.2) is 0 Å². The van der Waals surface area contributed by atoms with Gasteiger partial charge in [-0.05, 0) is 13.0 Å². The maximum atomic E-state index is 11.5. The quantitative estimate of drug-likeness (QED) is 0.833. The molecule has 2 aromatic heterocycles. The van der Waals surface area contributed by atoms with Gasteiger partial charge in [0.05, 0.1) is 5.39 Å². The zero-order chi connectivity index (χ0) is 12.7. The number of hydrogen-bond acceptors (Lipinski definition) is 5. The second-order valence-corrected chi connectivity index (χ2v) is 4.13. The monoisotopic (exact) mass is 246 g/mol. The molecule has 6 heteroatoms. The minimum Gasteiger partial charge on any atom is -0.344 e. The molecule has 94 valence electrons. The highest BCUT2D eigenvalue weighted by Gasteiger charge is 2.22. The van der Waals surface area contributed by atoms with Crippen molar-refractivity contribution in [1.29, 1.82) is 0 Å². The first-order chi connectivity index (χ1) is 8.72. The summed E-state index contributed by atoms with van der Waals surface area (Å²) in [5.41, 5.74) is -0.264. The van der Waals surface area contributed by atoms with Gasteiger partial charge in [-0.1, -0.05) is 0 Å². The van der Waals surface area contributed by atoms with Crippen LogP contribution in [0.2, 0.25) is 0 Å². The van der Waals surface area contributed by atoms with Gasteiger partial charge >= 0.3 is 0 Å². The highest BCUT2D eigenvalue weighted by Crippen LogP contribution is 2.33. The minimum absolute atomic E-state index is 0.264. The van der Waals surface area contributed by atoms with Crippen LogP contribution < -0.4 is 16.2 Å². The fourth-order valence-electron chi connectivity index (χ4n) is 2.23. The minimum atomic E-state index is -0.379. The molecule has 0 saturated carbocycles. The average molecular weight is 246 g/mol. The molecule has 1 aliphatic rings. The lowest BCUT2D eigenvalue weighted by Crippen LogP contribution is -2.34. The molecule has 2 N–H and O–H groups in total. The molecule has 0 radical (unpaired) electrons. The first kappa shape index (κ1) is 11.0. The molecule has 3 heterocycles. The van der Waals surface area contributed by atoms with E-state index in [-0.39, 0.29) is 11.9 Å². The van der Waals surface area contributed by atoms with E-state index in [1.165, 1.54) is 6.07 Å². The third-order valence-corrected chi connectivity index (χ3v) is 3.08. The van der Waals surface area contributed by atoms with Crippen LogP contribution in [0.3, 0.4) is 0 Å². The fourth-order valence-corrected chi connectivity index (χ4v) is 2.23. The molecule has 18 heavy (non-hydrogen) atoms. The van der Waals surface area contributed by atoms with Gasteiger partial charge in [0.25, 0.3) is 5.56 Å². The second kappa shape index (κ2) is 3.99. The maximum absolute atomic E-state index is 11.5. The Morgan fingerprint density at radius 3 is 3.00 bits per heavy atom. The Bertz CT molecular complexity index is 665. The number of nitrogens with one attached hydrogen (secondary N) is 2. The fraction of sp³-hybridized carbons (Fsp3) is 0.333. The molecular weight excluding hydrogens is 232 g/mol. The van der Waals surface area contributed by atoms with Crippen molar-refractivity contribution in [3.05, 3.63) is 28.7 Å². The zero-order valence-corrected chi connectivity index (χ0v) is 10.2. The predicted molar refractivity (Wildman–Crippen MR) is 69.7 cm³/mol. The van der Waals surface area contributed by atoms with E-state index in [1.54, 1.807) is 13.2 Å². The average Bonchev–Trinajstić information content (AvgIpc) is 2.65. The molecule has 1 unspecified atom stereocenters. The Morgan fingerprint density at radius 1 is 1.44 bits per heavy atom. The predicted octanol–water partition coefficient (Wildman–Crippen LogP) is 1.18. The van der Waals surface area contributed by atoms with Crippen molar-refractivity contribution in [3.8, 4) is 0 Å². The lowest BCUT2D eigenvalue weighted by atomic mass is 10.2. The van der Waals surface area contributed by atoms with Crippen molar-refractivity contribution < 1.29 is 4.74 Å². The van der Waals surface area contributed by atoms with E-state index in [0.29, 0.717) is 5.82 Å². The Kier molecular flexibility index (Phi) is 2.45. The normalized spacial score (nSPS) is 17.3. The van der Waals surface area contributed by atoms with Crippen LogP contribution in [-0.4, -0.2) is 23.0 Å². The second-order valence-electron chi connectivity index (χ2n) is 4.13. The number of methoxy groups -OCH3 is 1. The number of anilines is 2. The Balaban J connectivity index is 2.36. The molecular formula is C12H14N4O2. The maximum Gasteiger partial charge on any atom is 0.271 e. The number of rotatable bonds is 2. The number of ether oxygens (including phenoxy) is 1. The SMILES string of the molecule is CCn1cc2ccc(=O)nc3c2c1NC(OC)N3. The molecule has 0 bridgehead atoms. The number of hydrogen-bond donors (Lipinski definition) is 2. The molecule has 1 aliphatic heterocycles. The van der Waals surface area contributed by atoms with Gasteiger partial charge in [0.15, 0.2) is 0 Å². The van der Waals surface area contributed by atoms with Crippen molar-refractivity contribution in [1.82, 2.24) is 9.55 Å². The molecule has 0 spiro atoms. The van der Waals surface area contributed by atoms with Crippen LogP contribution in [0.25, 0.3) is 10.8 Å². The number of nitrogens with zero attached hydrogens (tertiary/aromatic N) is 2. The summed E-state index contributed by atoms with van der Waals surface area (Å²) < 4.78 is 7.32. The van der Waals surface area contributed by atoms with Gasteiger partial charge in [-0.15, -0.1) is 0 Å². The van der Waals surface area contributed by atoms with Gasteiger partial charge in [-0.2, -0.15) is 4.98 Å². The van der Waals surface area contributed by atoms with Crippen molar-refractivity contribution >= 4 is 22.4 Å². The topological polar surface area (TPSA) is 68.2 Å². The van der Waals surface area contributed by atoms with Crippen LogP contribution >= 0.6 is 0 Å². The summed E-state index contributed by atoms with van der Waals surface area (Å²) in [5, 5.41) is 8.18. The van der Waals surface area contributed by atoms with E-state index in [1.807, 2.05) is 6.20 Å². The molecule has 6 nitrogen and oxygen atoms in total. The zero-order valence-electron chi connectivity index (χ0n) is 10.2. The van der Waals surface area contributed by atoms with Gasteiger partial charge in [0, 0.05) is 31.3 Å². The van der Waals surface area contributed by atoms with Crippen LogP contribution in [-0.2, 0) is 11.3 Å². The molecule has 0 amide bonds. The summed E-state index contributed by atoms with van der Waals surface area (Å²) in [6.45, 7) is 2.90. The van der Waals surface area contributed by atoms with Gasteiger partial charge < -0.3 is 19.9 Å². The molecule has 2 aromatic rings. The Labute approximate surface area is 104 Å². The highest BCUT2D eigenvalue weighted by atomic mass is 16.5. The van der Waals surface area contributed by atoms with Gasteiger partial charge in [0.2, 0.25) is 6.35 Å². The molecule has 0 aliphatic carbocycles. The van der Waals surface area contributed by atoms with Crippen molar-refractivity contribution in [3.63, 3.8) is 0 Å². The van der Waals surface area contributed by atoms with Gasteiger partial charge in [0.1, 0.15) is 11.6 Å². The molecule has 1 atom stereocenters. The van der Waals surface area contributed by atoms with Crippen molar-refractivity contribution in [2.24, 2.45) is 0 Å². The van der Waals surface area contributed by atoms with E-state index in [9.17, 15) is 4.79 Å². The number of aryl methyl sites for hydroxylation is 1. The first-order valence-corrected chi connectivity index (χ1v) is 5.83. The van der Waals surface area contributed by atoms with Crippen molar-refractivity contribution in [2.45, 2.75) is 19.8 Å². The van der Waals surface area contributed by atoms with Crippen LogP contribution in [0.4, 0.5) is 11.6 Å². The van der Waals surface area contributed by atoms with E-state index in [0.717, 1.165) is 23.1 Å². The van der Waals surface area contributed by atoms with E-state index < -0.39 is 0 Å². The first-order valence-electron chi connectivity index (χ1n) is 5.83. The standard InChI is InChI=1S/C12H14N4O2/c1-3-16-6-7-4-5-8(17)13-10-9(7)11(16)15-12(14-10)18-2/h4-6,12,15H,3H2,1-2H3,(H,13,14,17). The lowest BCUT2D eigenvalue weighted by Gasteiger charge is -2.25. The highest BCUT2D eigenvalue weighted by molar-refractivity contribution is 6.02. The molecule has 3 rings (SSSR count). The molecule has 0 saturated heterocycles. The third-order valence-electron chi connectivity index (χ3n) is 3.08. The summed E-state index contributed by atoms with van der Waals surface area (Å²) in [6.07, 6.45) is 1.62. The largest absolute Gasteiger partial charge is 0.344 e. The summed E-state index contributed by atoms with van der Waals surface area (Å²) >= 11 is 0. The summed E-state index contributed by atoms with van der Waals surface area (Å²) in [7, 11) is 1.59. The van der Waals surface area contributed by atoms with Crippen LogP contribution in [0.15, 0.2) is 23.1 Å². The molecule has 0 aromatic carbocycles. The van der Waals surface area contributed by atoms with E-state index in [2.05, 4.69) is 27.1 Å². The summed E-state index contributed by atoms with van der Waals surface area (Å²) in [6, 6.07) is 3.27. The van der Waals surface area contributed by atoms with E-state index >= 15 is 0 Å². The van der Waals surface area contributed by atoms with E-state index in [4.69, 9.17) is 4.74 Å². The summed E-state index contributed by atoms with van der Waals surface area (Å²) in [5.74, 6) is 1.49. The van der Waals surface area contributed by atoms with Crippen LogP contribution in [0.1, 0.15) is 6.92 Å². The third kappa shape index (κ3) is 1.53. The van der Waals surface area contributed by atoms with Crippen LogP contribution in [0.5, 0.6) is 0 Å². The smallest absolute Gasteiger partial charge is 0.271 e. The number of aromatic nitrogens is 2. The van der Waals surface area contributed by atoms with Crippen LogP contribution in [0, 0.1) is 0 Å². The molecule has 0 fully saturated rings. The Hall–Kier alpha value is -2.08. The van der Waals surface area contributed by atoms with Gasteiger partial charge in [-0.3, -0.25) is 4.79 Å². The van der Waals surface area contributed by atoms with Crippen molar-refractivity contribution in [2.75, 3.05) is 17.7 Å². The summed E-state index contributed by atoms with van der Waals surface area (Å²) in [4.78, 5) is 15.6.